The van der Waals surface area contributed by atoms with Crippen LogP contribution in [0.25, 0.3) is 0 Å². The Balaban J connectivity index is 1.95. The van der Waals surface area contributed by atoms with E-state index in [9.17, 15) is 4.79 Å². The Kier molecular flexibility index (Phi) is 5.26. The van der Waals surface area contributed by atoms with E-state index in [4.69, 9.17) is 0 Å². The second-order valence-corrected chi connectivity index (χ2v) is 4.66. The molecule has 0 aliphatic heterocycles. The second kappa shape index (κ2) is 7.38. The van der Waals surface area contributed by atoms with Crippen LogP contribution in [-0.2, 0) is 11.2 Å². The van der Waals surface area contributed by atoms with Crippen LogP contribution in [0.1, 0.15) is 19.4 Å². The minimum Gasteiger partial charge on any atom is -0.356 e. The first kappa shape index (κ1) is 15.0. The molecule has 5 heteroatoms. The zero-order chi connectivity index (χ0) is 15.1. The number of hydrogen-bond acceptors (Lipinski definition) is 4. The lowest BCUT2D eigenvalue weighted by Crippen LogP contribution is -2.23. The van der Waals surface area contributed by atoms with Crippen molar-refractivity contribution in [2.24, 2.45) is 0 Å². The highest BCUT2D eigenvalue weighted by Crippen LogP contribution is 2.11. The van der Waals surface area contributed by atoms with Crippen molar-refractivity contribution in [1.29, 1.82) is 0 Å². The number of benzene rings is 1. The Hall–Kier alpha value is -2.43. The minimum absolute atomic E-state index is 0.0916. The fourth-order valence-electron chi connectivity index (χ4n) is 2.08. The number of nitrogens with zero attached hydrogens (tertiary/aromatic N) is 3. The Morgan fingerprint density at radius 1 is 1.05 bits per heavy atom. The lowest BCUT2D eigenvalue weighted by Gasteiger charge is -2.18. The topological polar surface area (TPSA) is 58.1 Å². The van der Waals surface area contributed by atoms with E-state index in [1.54, 1.807) is 6.07 Å². The maximum Gasteiger partial charge on any atom is 0.229 e. The van der Waals surface area contributed by atoms with Crippen molar-refractivity contribution in [3.8, 4) is 0 Å². The fraction of sp³-hybridized carbons (Fsp3) is 0.312. The molecule has 0 fully saturated rings. The first-order valence-electron chi connectivity index (χ1n) is 7.15. The molecule has 0 radical (unpaired) electrons. The number of carbonyl (C=O) groups excluding carboxylic acids is 1. The van der Waals surface area contributed by atoms with Crippen molar-refractivity contribution < 1.29 is 4.79 Å². The van der Waals surface area contributed by atoms with Crippen molar-refractivity contribution in [3.05, 3.63) is 48.0 Å². The molecule has 0 atom stereocenters. The molecular weight excluding hydrogens is 264 g/mol. The number of aromatic nitrogens is 2. The molecule has 110 valence electrons. The number of carbonyl (C=O) groups is 1. The summed E-state index contributed by atoms with van der Waals surface area (Å²) in [6.07, 6.45) is 0.334. The fourth-order valence-corrected chi connectivity index (χ4v) is 2.08. The molecule has 2 aromatic rings. The summed E-state index contributed by atoms with van der Waals surface area (Å²) in [5.41, 5.74) is 0.975. The van der Waals surface area contributed by atoms with Gasteiger partial charge in [-0.25, -0.2) is 0 Å². The van der Waals surface area contributed by atoms with Gasteiger partial charge in [0.15, 0.2) is 11.6 Å². The van der Waals surface area contributed by atoms with Crippen LogP contribution in [0.15, 0.2) is 42.5 Å². The third-order valence-corrected chi connectivity index (χ3v) is 3.21. The molecule has 0 bridgehead atoms. The van der Waals surface area contributed by atoms with E-state index >= 15 is 0 Å². The van der Waals surface area contributed by atoms with E-state index in [1.807, 2.05) is 36.4 Å². The third-order valence-electron chi connectivity index (χ3n) is 3.21. The van der Waals surface area contributed by atoms with E-state index < -0.39 is 0 Å². The van der Waals surface area contributed by atoms with Crippen molar-refractivity contribution in [1.82, 2.24) is 10.2 Å². The number of hydrogen-bond donors (Lipinski definition) is 1. The Labute approximate surface area is 125 Å². The molecule has 0 spiro atoms. The van der Waals surface area contributed by atoms with Crippen LogP contribution in [-0.4, -0.2) is 29.2 Å². The van der Waals surface area contributed by atoms with Crippen molar-refractivity contribution in [2.75, 3.05) is 23.3 Å². The molecule has 1 aromatic carbocycles. The van der Waals surface area contributed by atoms with Gasteiger partial charge >= 0.3 is 0 Å². The van der Waals surface area contributed by atoms with Gasteiger partial charge in [0.25, 0.3) is 0 Å². The van der Waals surface area contributed by atoms with E-state index in [1.165, 1.54) is 0 Å². The Morgan fingerprint density at radius 2 is 1.76 bits per heavy atom. The highest BCUT2D eigenvalue weighted by Gasteiger charge is 2.07. The maximum atomic E-state index is 11.9. The van der Waals surface area contributed by atoms with Gasteiger partial charge in [0.1, 0.15) is 0 Å². The van der Waals surface area contributed by atoms with Crippen LogP contribution in [0.5, 0.6) is 0 Å². The molecule has 0 aliphatic carbocycles. The van der Waals surface area contributed by atoms with Crippen LogP contribution < -0.4 is 10.2 Å². The normalized spacial score (nSPS) is 10.2. The second-order valence-electron chi connectivity index (χ2n) is 4.66. The summed E-state index contributed by atoms with van der Waals surface area (Å²) in [5.74, 6) is 1.21. The highest BCUT2D eigenvalue weighted by molar-refractivity contribution is 5.91. The number of rotatable bonds is 6. The Morgan fingerprint density at radius 3 is 2.33 bits per heavy atom. The van der Waals surface area contributed by atoms with Gasteiger partial charge in [-0.05, 0) is 31.5 Å². The zero-order valence-electron chi connectivity index (χ0n) is 12.4. The predicted molar refractivity (Wildman–Crippen MR) is 84.4 cm³/mol. The molecule has 1 aromatic heterocycles. The van der Waals surface area contributed by atoms with Gasteiger partial charge in [-0.2, -0.15) is 0 Å². The summed E-state index contributed by atoms with van der Waals surface area (Å²) in [6.45, 7) is 5.90. The van der Waals surface area contributed by atoms with Gasteiger partial charge in [0.05, 0.1) is 6.42 Å². The molecule has 0 aliphatic rings. The van der Waals surface area contributed by atoms with Crippen LogP contribution in [0.4, 0.5) is 11.6 Å². The van der Waals surface area contributed by atoms with Gasteiger partial charge < -0.3 is 10.2 Å². The van der Waals surface area contributed by atoms with Crippen LogP contribution in [0.2, 0.25) is 0 Å². The maximum absolute atomic E-state index is 11.9. The minimum atomic E-state index is -0.0916. The first-order valence-corrected chi connectivity index (χ1v) is 7.15. The van der Waals surface area contributed by atoms with E-state index in [0.29, 0.717) is 12.2 Å². The summed E-state index contributed by atoms with van der Waals surface area (Å²) in [6, 6.07) is 13.3. The SMILES string of the molecule is CCN(CC)c1ccc(NC(=O)Cc2ccccc2)nn1. The molecule has 1 amide bonds. The smallest absolute Gasteiger partial charge is 0.229 e. The molecule has 0 saturated heterocycles. The highest BCUT2D eigenvalue weighted by atomic mass is 16.1. The average molecular weight is 284 g/mol. The first-order chi connectivity index (χ1) is 10.2. The Bertz CT molecular complexity index is 565. The van der Waals surface area contributed by atoms with Gasteiger partial charge in [-0.15, -0.1) is 10.2 Å². The lowest BCUT2D eigenvalue weighted by atomic mass is 10.1. The van der Waals surface area contributed by atoms with Gasteiger partial charge in [-0.1, -0.05) is 30.3 Å². The summed E-state index contributed by atoms with van der Waals surface area (Å²) < 4.78 is 0. The zero-order valence-corrected chi connectivity index (χ0v) is 12.4. The van der Waals surface area contributed by atoms with E-state index in [0.717, 1.165) is 24.5 Å². The molecule has 2 rings (SSSR count). The van der Waals surface area contributed by atoms with E-state index in [-0.39, 0.29) is 5.91 Å². The predicted octanol–water partition coefficient (Wildman–Crippen LogP) is 2.50. The quantitative estimate of drug-likeness (QED) is 0.885. The molecule has 1 heterocycles. The molecule has 1 N–H and O–H groups in total. The number of amides is 1. The summed E-state index contributed by atoms with van der Waals surface area (Å²) in [4.78, 5) is 14.0. The number of nitrogens with one attached hydrogen (secondary N) is 1. The van der Waals surface area contributed by atoms with E-state index in [2.05, 4.69) is 34.3 Å². The van der Waals surface area contributed by atoms with Crippen molar-refractivity contribution >= 4 is 17.5 Å². The summed E-state index contributed by atoms with van der Waals surface area (Å²) in [7, 11) is 0. The van der Waals surface area contributed by atoms with Gasteiger partial charge in [-0.3, -0.25) is 4.79 Å². The lowest BCUT2D eigenvalue weighted by molar-refractivity contribution is -0.115. The average Bonchev–Trinajstić information content (AvgIpc) is 2.51. The van der Waals surface area contributed by atoms with Crippen LogP contribution in [0, 0.1) is 0 Å². The van der Waals surface area contributed by atoms with Gasteiger partial charge in [0.2, 0.25) is 5.91 Å². The van der Waals surface area contributed by atoms with Crippen molar-refractivity contribution in [2.45, 2.75) is 20.3 Å². The summed E-state index contributed by atoms with van der Waals surface area (Å²) >= 11 is 0. The van der Waals surface area contributed by atoms with Crippen LogP contribution in [0.3, 0.4) is 0 Å². The standard InChI is InChI=1S/C16H20N4O/c1-3-20(4-2)15-11-10-14(18-19-15)17-16(21)12-13-8-6-5-7-9-13/h5-11H,3-4,12H2,1-2H3,(H,17,18,21). The van der Waals surface area contributed by atoms with Gasteiger partial charge in [0, 0.05) is 13.1 Å². The van der Waals surface area contributed by atoms with Crippen LogP contribution >= 0.6 is 0 Å². The molecule has 0 saturated carbocycles. The monoisotopic (exact) mass is 284 g/mol. The molecule has 21 heavy (non-hydrogen) atoms. The molecule has 5 nitrogen and oxygen atoms in total. The van der Waals surface area contributed by atoms with Crippen molar-refractivity contribution in [3.63, 3.8) is 0 Å². The third kappa shape index (κ3) is 4.27. The molecular formula is C16H20N4O. The molecule has 0 unspecified atom stereocenters. The summed E-state index contributed by atoms with van der Waals surface area (Å²) in [5, 5.41) is 11.0. The largest absolute Gasteiger partial charge is 0.356 e. The number of anilines is 2.